The maximum Gasteiger partial charge on any atom is 0.161 e. The summed E-state index contributed by atoms with van der Waals surface area (Å²) in [5, 5.41) is 21.0. The van der Waals surface area contributed by atoms with Crippen molar-refractivity contribution in [2.75, 3.05) is 32.8 Å². The zero-order valence-electron chi connectivity index (χ0n) is 13.2. The molecule has 7 heteroatoms. The standard InChI is InChI=1S/C16H22N4O3/c1-2-22-13-5-3-4-6-14(13)23-10-9-20-8-7-16(21,12-20)15-11-17-19-18-15/h3-6,11,21H,2,7-10,12H2,1H3,(H,17,18,19)/t16-/m1/s1. The van der Waals surface area contributed by atoms with Crippen LogP contribution in [-0.4, -0.2) is 58.3 Å². The first kappa shape index (κ1) is 15.8. The summed E-state index contributed by atoms with van der Waals surface area (Å²) >= 11 is 0. The maximum atomic E-state index is 10.6. The molecule has 2 N–H and O–H groups in total. The Morgan fingerprint density at radius 1 is 1.30 bits per heavy atom. The molecule has 1 aliphatic rings. The first-order valence-electron chi connectivity index (χ1n) is 7.87. The molecule has 0 aliphatic carbocycles. The van der Waals surface area contributed by atoms with Crippen molar-refractivity contribution in [3.05, 3.63) is 36.2 Å². The fraction of sp³-hybridized carbons (Fsp3) is 0.500. The van der Waals surface area contributed by atoms with Gasteiger partial charge in [0.25, 0.3) is 0 Å². The Balaban J connectivity index is 1.51. The molecule has 2 heterocycles. The number of benzene rings is 1. The van der Waals surface area contributed by atoms with Crippen molar-refractivity contribution in [2.45, 2.75) is 18.9 Å². The van der Waals surface area contributed by atoms with Gasteiger partial charge in [-0.3, -0.25) is 4.90 Å². The molecule has 1 saturated heterocycles. The summed E-state index contributed by atoms with van der Waals surface area (Å²) in [6.07, 6.45) is 2.23. The van der Waals surface area contributed by atoms with Crippen LogP contribution in [0.25, 0.3) is 0 Å². The predicted octanol–water partition coefficient (Wildman–Crippen LogP) is 1.18. The Morgan fingerprint density at radius 3 is 2.78 bits per heavy atom. The average Bonchev–Trinajstić information content (AvgIpc) is 3.20. The highest BCUT2D eigenvalue weighted by atomic mass is 16.5. The van der Waals surface area contributed by atoms with E-state index in [-0.39, 0.29) is 0 Å². The molecule has 23 heavy (non-hydrogen) atoms. The lowest BCUT2D eigenvalue weighted by Crippen LogP contribution is -2.33. The number of nitrogens with zero attached hydrogens (tertiary/aromatic N) is 3. The van der Waals surface area contributed by atoms with Crippen LogP contribution < -0.4 is 9.47 Å². The molecule has 1 aromatic carbocycles. The zero-order chi connectivity index (χ0) is 16.1. The van der Waals surface area contributed by atoms with E-state index in [0.29, 0.717) is 31.9 Å². The number of rotatable bonds is 7. The van der Waals surface area contributed by atoms with E-state index in [2.05, 4.69) is 20.3 Å². The van der Waals surface area contributed by atoms with Gasteiger partial charge < -0.3 is 14.6 Å². The Hall–Kier alpha value is -2.12. The number of hydrogen-bond donors (Lipinski definition) is 2. The normalized spacial score (nSPS) is 21.5. The molecule has 1 aliphatic heterocycles. The van der Waals surface area contributed by atoms with Crippen LogP contribution >= 0.6 is 0 Å². The van der Waals surface area contributed by atoms with Crippen molar-refractivity contribution in [3.63, 3.8) is 0 Å². The Labute approximate surface area is 135 Å². The Morgan fingerprint density at radius 2 is 2.09 bits per heavy atom. The first-order chi connectivity index (χ1) is 11.2. The monoisotopic (exact) mass is 318 g/mol. The summed E-state index contributed by atoms with van der Waals surface area (Å²) in [6.45, 7) is 5.18. The second kappa shape index (κ2) is 6.97. The lowest BCUT2D eigenvalue weighted by molar-refractivity contribution is 0.0403. The molecule has 0 bridgehead atoms. The minimum Gasteiger partial charge on any atom is -0.490 e. The van der Waals surface area contributed by atoms with Crippen molar-refractivity contribution in [1.29, 1.82) is 0 Å². The number of aliphatic hydroxyl groups is 1. The largest absolute Gasteiger partial charge is 0.490 e. The molecule has 0 unspecified atom stereocenters. The molecule has 2 aromatic rings. The van der Waals surface area contributed by atoms with E-state index in [4.69, 9.17) is 9.47 Å². The van der Waals surface area contributed by atoms with Gasteiger partial charge in [-0.2, -0.15) is 15.4 Å². The minimum atomic E-state index is -0.920. The summed E-state index contributed by atoms with van der Waals surface area (Å²) in [4.78, 5) is 2.16. The summed E-state index contributed by atoms with van der Waals surface area (Å²) in [5.74, 6) is 1.51. The second-order valence-corrected chi connectivity index (χ2v) is 5.64. The number of likely N-dealkylation sites (tertiary alicyclic amines) is 1. The number of β-amino-alcohol motifs (C(OH)–C–C–N with tert-alkyl or cyclic N) is 1. The smallest absolute Gasteiger partial charge is 0.161 e. The summed E-state index contributed by atoms with van der Waals surface area (Å²) < 4.78 is 11.4. The molecule has 1 fully saturated rings. The highest BCUT2D eigenvalue weighted by Crippen LogP contribution is 2.30. The Kier molecular flexibility index (Phi) is 4.78. The number of nitrogens with one attached hydrogen (secondary N) is 1. The molecule has 3 rings (SSSR count). The van der Waals surface area contributed by atoms with Gasteiger partial charge in [0.05, 0.1) is 12.8 Å². The molecule has 124 valence electrons. The van der Waals surface area contributed by atoms with E-state index in [1.54, 1.807) is 6.20 Å². The van der Waals surface area contributed by atoms with Crippen LogP contribution in [0.2, 0.25) is 0 Å². The van der Waals surface area contributed by atoms with Gasteiger partial charge in [-0.05, 0) is 25.5 Å². The summed E-state index contributed by atoms with van der Waals surface area (Å²) in [6, 6.07) is 7.66. The molecular formula is C16H22N4O3. The quantitative estimate of drug-likeness (QED) is 0.797. The SMILES string of the molecule is CCOc1ccccc1OCCN1CC[C@](O)(c2cn[nH]n2)C1. The fourth-order valence-electron chi connectivity index (χ4n) is 2.83. The third-order valence-electron chi connectivity index (χ3n) is 4.03. The van der Waals surface area contributed by atoms with Crippen LogP contribution in [0.1, 0.15) is 19.0 Å². The number of ether oxygens (including phenoxy) is 2. The van der Waals surface area contributed by atoms with Crippen molar-refractivity contribution in [2.24, 2.45) is 0 Å². The molecule has 7 nitrogen and oxygen atoms in total. The van der Waals surface area contributed by atoms with Crippen LogP contribution in [0.3, 0.4) is 0 Å². The summed E-state index contributed by atoms with van der Waals surface area (Å²) in [7, 11) is 0. The van der Waals surface area contributed by atoms with Crippen molar-refractivity contribution in [3.8, 4) is 11.5 Å². The zero-order valence-corrected chi connectivity index (χ0v) is 13.2. The number of para-hydroxylation sites is 2. The number of aromatic nitrogens is 3. The topological polar surface area (TPSA) is 83.5 Å². The van der Waals surface area contributed by atoms with E-state index in [1.165, 1.54) is 0 Å². The Bertz CT molecular complexity index is 620. The van der Waals surface area contributed by atoms with Gasteiger partial charge >= 0.3 is 0 Å². The molecule has 0 amide bonds. The van der Waals surface area contributed by atoms with Gasteiger partial charge in [0.15, 0.2) is 11.5 Å². The van der Waals surface area contributed by atoms with E-state index in [9.17, 15) is 5.11 Å². The van der Waals surface area contributed by atoms with E-state index >= 15 is 0 Å². The van der Waals surface area contributed by atoms with Crippen LogP contribution in [-0.2, 0) is 5.60 Å². The number of H-pyrrole nitrogens is 1. The summed E-state index contributed by atoms with van der Waals surface area (Å²) in [5.41, 5.74) is -0.321. The first-order valence-corrected chi connectivity index (χ1v) is 7.87. The van der Waals surface area contributed by atoms with Crippen molar-refractivity contribution in [1.82, 2.24) is 20.3 Å². The van der Waals surface area contributed by atoms with Crippen molar-refractivity contribution >= 4 is 0 Å². The highest BCUT2D eigenvalue weighted by molar-refractivity contribution is 5.39. The minimum absolute atomic E-state index is 0.538. The number of aromatic amines is 1. The van der Waals surface area contributed by atoms with E-state index < -0.39 is 5.60 Å². The molecule has 1 atom stereocenters. The van der Waals surface area contributed by atoms with Crippen LogP contribution in [0.15, 0.2) is 30.5 Å². The van der Waals surface area contributed by atoms with Crippen LogP contribution in [0.5, 0.6) is 11.5 Å². The van der Waals surface area contributed by atoms with Gasteiger partial charge in [0.2, 0.25) is 0 Å². The van der Waals surface area contributed by atoms with Gasteiger partial charge in [0.1, 0.15) is 17.9 Å². The molecular weight excluding hydrogens is 296 g/mol. The lowest BCUT2D eigenvalue weighted by Gasteiger charge is -2.21. The molecule has 1 aromatic heterocycles. The molecule has 0 spiro atoms. The number of hydrogen-bond acceptors (Lipinski definition) is 6. The highest BCUT2D eigenvalue weighted by Gasteiger charge is 2.39. The lowest BCUT2D eigenvalue weighted by atomic mass is 10.0. The van der Waals surface area contributed by atoms with Crippen LogP contribution in [0, 0.1) is 0 Å². The maximum absolute atomic E-state index is 10.6. The van der Waals surface area contributed by atoms with Gasteiger partial charge in [-0.1, -0.05) is 12.1 Å². The van der Waals surface area contributed by atoms with E-state index in [1.807, 2.05) is 31.2 Å². The van der Waals surface area contributed by atoms with Gasteiger partial charge in [0, 0.05) is 19.6 Å². The van der Waals surface area contributed by atoms with Crippen LogP contribution in [0.4, 0.5) is 0 Å². The molecule has 0 radical (unpaired) electrons. The van der Waals surface area contributed by atoms with E-state index in [0.717, 1.165) is 24.6 Å². The molecule has 0 saturated carbocycles. The van der Waals surface area contributed by atoms with Gasteiger partial charge in [-0.15, -0.1) is 0 Å². The third kappa shape index (κ3) is 3.62. The fourth-order valence-corrected chi connectivity index (χ4v) is 2.83. The van der Waals surface area contributed by atoms with Crippen molar-refractivity contribution < 1.29 is 14.6 Å². The average molecular weight is 318 g/mol. The second-order valence-electron chi connectivity index (χ2n) is 5.64. The third-order valence-corrected chi connectivity index (χ3v) is 4.03. The predicted molar refractivity (Wildman–Crippen MR) is 84.4 cm³/mol. The van der Waals surface area contributed by atoms with Gasteiger partial charge in [-0.25, -0.2) is 0 Å².